The molecule has 0 saturated heterocycles. The van der Waals surface area contributed by atoms with Crippen LogP contribution in [0.4, 0.5) is 0 Å². The first-order valence-corrected chi connectivity index (χ1v) is 5.33. The predicted molar refractivity (Wildman–Crippen MR) is 60.8 cm³/mol. The van der Waals surface area contributed by atoms with Gasteiger partial charge in [0, 0.05) is 24.9 Å². The van der Waals surface area contributed by atoms with Crippen LogP contribution >= 0.6 is 12.6 Å². The summed E-state index contributed by atoms with van der Waals surface area (Å²) >= 11 is 3.92. The van der Waals surface area contributed by atoms with Gasteiger partial charge in [0.25, 0.3) is 0 Å². The topological polar surface area (TPSA) is 96.6 Å². The smallest absolute Gasteiger partial charge is 0.308 e. The van der Waals surface area contributed by atoms with Gasteiger partial charge < -0.3 is 21.0 Å². The minimum atomic E-state index is -0.888. The fraction of sp³-hybridized carbons (Fsp3) is 0.875. The summed E-state index contributed by atoms with van der Waals surface area (Å²) in [4.78, 5) is 15.6. The maximum Gasteiger partial charge on any atom is 0.308 e. The van der Waals surface area contributed by atoms with E-state index in [1.165, 1.54) is 0 Å². The van der Waals surface area contributed by atoms with Crippen LogP contribution in [0.1, 0.15) is 0 Å². The number of nitrogens with two attached hydrogens (primary N) is 1. The average Bonchev–Trinajstić information content (AvgIpc) is 2.17. The van der Waals surface area contributed by atoms with Gasteiger partial charge in [0.15, 0.2) is 0 Å². The Hall–Kier alpha value is -0.340. The molecular weight excluding hydrogens is 218 g/mol. The lowest BCUT2D eigenvalue weighted by molar-refractivity contribution is -0.141. The molecular formula is C8H19N3O3S. The lowest BCUT2D eigenvalue weighted by Crippen LogP contribution is -2.39. The average molecular weight is 237 g/mol. The van der Waals surface area contributed by atoms with Crippen LogP contribution in [0.3, 0.4) is 0 Å². The highest BCUT2D eigenvalue weighted by atomic mass is 32.1. The molecule has 0 aliphatic carbocycles. The predicted octanol–water partition coefficient (Wildman–Crippen LogP) is -1.32. The molecule has 6 nitrogen and oxygen atoms in total. The second kappa shape index (κ2) is 8.93. The molecule has 0 saturated carbocycles. The van der Waals surface area contributed by atoms with Gasteiger partial charge in [0.05, 0.1) is 12.5 Å². The molecule has 0 aromatic heterocycles. The van der Waals surface area contributed by atoms with Gasteiger partial charge >= 0.3 is 5.97 Å². The second-order valence-corrected chi connectivity index (χ2v) is 3.56. The van der Waals surface area contributed by atoms with E-state index in [1.807, 2.05) is 0 Å². The van der Waals surface area contributed by atoms with Crippen molar-refractivity contribution >= 4 is 18.6 Å². The molecule has 0 aliphatic heterocycles. The third-order valence-corrected chi connectivity index (χ3v) is 2.21. The molecule has 0 bridgehead atoms. The van der Waals surface area contributed by atoms with Gasteiger partial charge in [-0.15, -0.1) is 0 Å². The molecule has 2 atom stereocenters. The number of nitrogens with one attached hydrogen (secondary N) is 2. The van der Waals surface area contributed by atoms with Crippen molar-refractivity contribution in [3.05, 3.63) is 0 Å². The standard InChI is InChI=1S/C8H19N3O3S/c1-10-3-7(9)4-14-11-2-6(5-15)8(12)13/h6-7,10-11,15H,2-5,9H2,1H3,(H,12,13). The normalized spacial score (nSPS) is 14.9. The Kier molecular flexibility index (Phi) is 8.73. The van der Waals surface area contributed by atoms with Crippen molar-refractivity contribution in [3.8, 4) is 0 Å². The lowest BCUT2D eigenvalue weighted by atomic mass is 10.2. The monoisotopic (exact) mass is 237 g/mol. The van der Waals surface area contributed by atoms with Crippen LogP contribution in [0.5, 0.6) is 0 Å². The van der Waals surface area contributed by atoms with Crippen molar-refractivity contribution in [2.75, 3.05) is 32.5 Å². The van der Waals surface area contributed by atoms with E-state index in [1.54, 1.807) is 7.05 Å². The summed E-state index contributed by atoms with van der Waals surface area (Å²) in [5.74, 6) is -1.16. The van der Waals surface area contributed by atoms with E-state index in [9.17, 15) is 4.79 Å². The molecule has 0 radical (unpaired) electrons. The van der Waals surface area contributed by atoms with Crippen molar-refractivity contribution in [1.29, 1.82) is 0 Å². The summed E-state index contributed by atoms with van der Waals surface area (Å²) in [6.45, 7) is 1.21. The number of likely N-dealkylation sites (N-methyl/N-ethyl adjacent to an activating group) is 1. The molecule has 0 amide bonds. The number of carboxylic acids is 1. The third kappa shape index (κ3) is 7.57. The second-order valence-electron chi connectivity index (χ2n) is 3.19. The van der Waals surface area contributed by atoms with Crippen LogP contribution in [0.2, 0.25) is 0 Å². The summed E-state index contributed by atoms with van der Waals surface area (Å²) in [5, 5.41) is 11.6. The summed E-state index contributed by atoms with van der Waals surface area (Å²) in [6, 6.07) is -0.109. The lowest BCUT2D eigenvalue weighted by Gasteiger charge is -2.13. The zero-order valence-electron chi connectivity index (χ0n) is 8.77. The molecule has 5 N–H and O–H groups in total. The van der Waals surface area contributed by atoms with E-state index in [0.29, 0.717) is 13.2 Å². The number of carbonyl (C=O) groups is 1. The molecule has 0 spiro atoms. The Labute approximate surface area is 94.9 Å². The van der Waals surface area contributed by atoms with E-state index in [-0.39, 0.29) is 18.3 Å². The Morgan fingerprint density at radius 2 is 2.27 bits per heavy atom. The van der Waals surface area contributed by atoms with Gasteiger partial charge in [0.2, 0.25) is 0 Å². The van der Waals surface area contributed by atoms with Crippen molar-refractivity contribution in [2.24, 2.45) is 11.7 Å². The van der Waals surface area contributed by atoms with Crippen LogP contribution in [0.15, 0.2) is 0 Å². The summed E-state index contributed by atoms with van der Waals surface area (Å²) in [6.07, 6.45) is 0. The Morgan fingerprint density at radius 1 is 1.60 bits per heavy atom. The number of hydrogen-bond donors (Lipinski definition) is 5. The van der Waals surface area contributed by atoms with Gasteiger partial charge in [-0.05, 0) is 7.05 Å². The number of carboxylic acid groups (broad SMARTS) is 1. The molecule has 90 valence electrons. The summed E-state index contributed by atoms with van der Waals surface area (Å²) in [5.41, 5.74) is 8.20. The highest BCUT2D eigenvalue weighted by molar-refractivity contribution is 7.80. The minimum absolute atomic E-state index is 0.109. The van der Waals surface area contributed by atoms with Gasteiger partial charge in [-0.1, -0.05) is 0 Å². The summed E-state index contributed by atoms with van der Waals surface area (Å²) < 4.78 is 0. The largest absolute Gasteiger partial charge is 0.481 e. The summed E-state index contributed by atoms with van der Waals surface area (Å²) in [7, 11) is 1.80. The van der Waals surface area contributed by atoms with Crippen molar-refractivity contribution in [3.63, 3.8) is 0 Å². The van der Waals surface area contributed by atoms with Crippen LogP contribution in [-0.2, 0) is 9.63 Å². The van der Waals surface area contributed by atoms with Crippen LogP contribution in [-0.4, -0.2) is 49.6 Å². The molecule has 0 heterocycles. The van der Waals surface area contributed by atoms with Crippen molar-refractivity contribution in [2.45, 2.75) is 6.04 Å². The Balaban J connectivity index is 3.48. The highest BCUT2D eigenvalue weighted by Gasteiger charge is 2.14. The molecule has 15 heavy (non-hydrogen) atoms. The zero-order valence-corrected chi connectivity index (χ0v) is 9.67. The number of aliphatic carboxylic acids is 1. The minimum Gasteiger partial charge on any atom is -0.481 e. The van der Waals surface area contributed by atoms with Crippen LogP contribution < -0.4 is 16.5 Å². The molecule has 0 aromatic carbocycles. The molecule has 7 heteroatoms. The quantitative estimate of drug-likeness (QED) is 0.194. The number of hydrogen-bond acceptors (Lipinski definition) is 6. The van der Waals surface area contributed by atoms with Gasteiger partial charge in [-0.3, -0.25) is 4.79 Å². The van der Waals surface area contributed by atoms with Crippen molar-refractivity contribution < 1.29 is 14.7 Å². The maximum atomic E-state index is 10.6. The number of thiol groups is 1. The van der Waals surface area contributed by atoms with E-state index < -0.39 is 11.9 Å². The van der Waals surface area contributed by atoms with Gasteiger partial charge in [0.1, 0.15) is 0 Å². The van der Waals surface area contributed by atoms with E-state index >= 15 is 0 Å². The first-order chi connectivity index (χ1) is 7.11. The zero-order chi connectivity index (χ0) is 11.7. The number of hydroxylamine groups is 1. The van der Waals surface area contributed by atoms with Crippen LogP contribution in [0, 0.1) is 5.92 Å². The van der Waals surface area contributed by atoms with Crippen LogP contribution in [0.25, 0.3) is 0 Å². The Bertz CT molecular complexity index is 183. The maximum absolute atomic E-state index is 10.6. The molecule has 0 fully saturated rings. The fourth-order valence-electron chi connectivity index (χ4n) is 0.877. The molecule has 0 rings (SSSR count). The van der Waals surface area contributed by atoms with E-state index in [0.717, 1.165) is 0 Å². The Morgan fingerprint density at radius 3 is 2.73 bits per heavy atom. The fourth-order valence-corrected chi connectivity index (χ4v) is 1.16. The molecule has 0 aromatic rings. The van der Waals surface area contributed by atoms with E-state index in [2.05, 4.69) is 23.4 Å². The third-order valence-electron chi connectivity index (χ3n) is 1.77. The first-order valence-electron chi connectivity index (χ1n) is 4.70. The number of rotatable bonds is 9. The molecule has 2 unspecified atom stereocenters. The first kappa shape index (κ1) is 14.7. The van der Waals surface area contributed by atoms with Gasteiger partial charge in [-0.2, -0.15) is 12.6 Å². The highest BCUT2D eigenvalue weighted by Crippen LogP contribution is 1.97. The SMILES string of the molecule is CNCC(N)CONCC(CS)C(=O)O. The van der Waals surface area contributed by atoms with Crippen molar-refractivity contribution in [1.82, 2.24) is 10.8 Å². The molecule has 0 aliphatic rings. The van der Waals surface area contributed by atoms with E-state index in [4.69, 9.17) is 15.7 Å². The van der Waals surface area contributed by atoms with Gasteiger partial charge in [-0.25, -0.2) is 5.48 Å².